The molecule has 13 nitrogen and oxygen atoms in total. The molecule has 1 unspecified atom stereocenters. The minimum absolute atomic E-state index is 0.132. The highest BCUT2D eigenvalue weighted by atomic mass is 31.2. The number of ether oxygens (including phenoxy) is 4. The molecule has 0 aliphatic carbocycles. The molecule has 2 aromatic rings. The van der Waals surface area contributed by atoms with Crippen molar-refractivity contribution < 1.29 is 42.9 Å². The fourth-order valence-electron chi connectivity index (χ4n) is 3.29. The van der Waals surface area contributed by atoms with Crippen LogP contribution in [-0.4, -0.2) is 55.6 Å². The van der Waals surface area contributed by atoms with Gasteiger partial charge in [-0.1, -0.05) is 18.2 Å². The number of aromatic nitrogens is 2. The molecule has 0 amide bonds. The molecule has 33 heavy (non-hydrogen) atoms. The first-order valence-corrected chi connectivity index (χ1v) is 11.3. The minimum atomic E-state index is -4.67. The maximum absolute atomic E-state index is 12.8. The normalized spacial score (nSPS) is 24.9. The highest BCUT2D eigenvalue weighted by Crippen LogP contribution is 2.45. The quantitative estimate of drug-likeness (QED) is 0.357. The van der Waals surface area contributed by atoms with Crippen molar-refractivity contribution in [2.45, 2.75) is 38.1 Å². The van der Waals surface area contributed by atoms with Crippen molar-refractivity contribution in [1.29, 1.82) is 0 Å². The molecular formula is C19H21N2O11P. The average molecular weight is 484 g/mol. The Morgan fingerprint density at radius 1 is 1.21 bits per heavy atom. The van der Waals surface area contributed by atoms with Crippen LogP contribution in [0.5, 0.6) is 0 Å². The van der Waals surface area contributed by atoms with Crippen molar-refractivity contribution in [3.63, 3.8) is 0 Å². The standard InChI is InChI=1S/C19H21N2O11P/c1-11(22)30-14-16(29-10-33(26,27)28)31-17(21-9-8-13(23)20-18(21)25)19(14,2)32-15(24)12-6-4-3-5-7-12/h3-9,14,16-17H,10H2,1-2H3,(H,20,23,25)(H2,26,27,28)/t14?,16-,17+,19+/m0/s1. The Bertz CT molecular complexity index is 1190. The zero-order chi connectivity index (χ0) is 24.4. The SMILES string of the molecule is CC(=O)OC1[C@@H](OCP(=O)(O)O)O[C@@H](n2ccc(=O)[nH]c2=O)[C@]1(C)OC(=O)c1ccccc1. The van der Waals surface area contributed by atoms with Gasteiger partial charge in [-0.05, 0) is 19.1 Å². The van der Waals surface area contributed by atoms with E-state index in [0.29, 0.717) is 0 Å². The third-order valence-electron chi connectivity index (χ3n) is 4.69. The molecule has 3 rings (SSSR count). The summed E-state index contributed by atoms with van der Waals surface area (Å²) in [5.74, 6) is -1.71. The molecule has 14 heteroatoms. The van der Waals surface area contributed by atoms with Crippen molar-refractivity contribution in [2.75, 3.05) is 6.35 Å². The van der Waals surface area contributed by atoms with E-state index in [2.05, 4.69) is 0 Å². The van der Waals surface area contributed by atoms with Crippen LogP contribution in [-0.2, 0) is 28.3 Å². The van der Waals surface area contributed by atoms with Gasteiger partial charge in [0, 0.05) is 19.2 Å². The van der Waals surface area contributed by atoms with Gasteiger partial charge in [0.1, 0.15) is 0 Å². The molecule has 1 fully saturated rings. The Kier molecular flexibility index (Phi) is 7.00. The van der Waals surface area contributed by atoms with Gasteiger partial charge in [0.15, 0.2) is 24.3 Å². The third kappa shape index (κ3) is 5.64. The molecule has 4 atom stereocenters. The molecule has 2 heterocycles. The van der Waals surface area contributed by atoms with Gasteiger partial charge in [0.2, 0.25) is 6.29 Å². The summed E-state index contributed by atoms with van der Waals surface area (Å²) in [5.41, 5.74) is -3.44. The summed E-state index contributed by atoms with van der Waals surface area (Å²) in [6.07, 6.45) is -4.74. The smallest absolute Gasteiger partial charge is 0.351 e. The van der Waals surface area contributed by atoms with Gasteiger partial charge < -0.3 is 28.7 Å². The monoisotopic (exact) mass is 484 g/mol. The van der Waals surface area contributed by atoms with Crippen LogP contribution < -0.4 is 11.2 Å². The number of esters is 2. The molecule has 0 radical (unpaired) electrons. The second-order valence-electron chi connectivity index (χ2n) is 7.30. The second kappa shape index (κ2) is 9.41. The third-order valence-corrected chi connectivity index (χ3v) is 5.18. The number of aromatic amines is 1. The summed E-state index contributed by atoms with van der Waals surface area (Å²) in [5, 5.41) is 0. The lowest BCUT2D eigenvalue weighted by molar-refractivity contribution is -0.187. The Morgan fingerprint density at radius 3 is 2.45 bits per heavy atom. The van der Waals surface area contributed by atoms with Crippen LogP contribution in [0.3, 0.4) is 0 Å². The largest absolute Gasteiger partial charge is 0.453 e. The molecule has 1 saturated heterocycles. The second-order valence-corrected chi connectivity index (χ2v) is 8.89. The van der Waals surface area contributed by atoms with E-state index >= 15 is 0 Å². The molecule has 1 aromatic heterocycles. The summed E-state index contributed by atoms with van der Waals surface area (Å²) in [7, 11) is -4.67. The zero-order valence-corrected chi connectivity index (χ0v) is 18.3. The van der Waals surface area contributed by atoms with E-state index < -0.39 is 61.4 Å². The lowest BCUT2D eigenvalue weighted by atomic mass is 9.98. The number of carbonyl (C=O) groups is 2. The summed E-state index contributed by atoms with van der Waals surface area (Å²) in [6, 6.07) is 8.78. The van der Waals surface area contributed by atoms with Crippen molar-refractivity contribution in [3.05, 3.63) is 69.0 Å². The summed E-state index contributed by atoms with van der Waals surface area (Å²) < 4.78 is 33.9. The van der Waals surface area contributed by atoms with Crippen molar-refractivity contribution >= 4 is 19.5 Å². The Balaban J connectivity index is 2.08. The van der Waals surface area contributed by atoms with Crippen molar-refractivity contribution in [2.24, 2.45) is 0 Å². The van der Waals surface area contributed by atoms with Gasteiger partial charge in [-0.25, -0.2) is 9.59 Å². The highest BCUT2D eigenvalue weighted by Gasteiger charge is 2.61. The van der Waals surface area contributed by atoms with Crippen molar-refractivity contribution in [3.8, 4) is 0 Å². The summed E-state index contributed by atoms with van der Waals surface area (Å²) >= 11 is 0. The number of hydrogen-bond donors (Lipinski definition) is 3. The van der Waals surface area contributed by atoms with Gasteiger partial charge in [-0.15, -0.1) is 0 Å². The summed E-state index contributed by atoms with van der Waals surface area (Å²) in [6.45, 7) is 2.35. The van der Waals surface area contributed by atoms with E-state index in [1.807, 2.05) is 4.98 Å². The number of hydrogen-bond acceptors (Lipinski definition) is 9. The molecule has 1 aromatic carbocycles. The minimum Gasteiger partial charge on any atom is -0.453 e. The van der Waals surface area contributed by atoms with Crippen LogP contribution in [0.4, 0.5) is 0 Å². The number of nitrogens with zero attached hydrogens (tertiary/aromatic N) is 1. The Labute approximate surface area is 186 Å². The maximum Gasteiger partial charge on any atom is 0.351 e. The van der Waals surface area contributed by atoms with E-state index in [0.717, 1.165) is 23.8 Å². The van der Waals surface area contributed by atoms with E-state index in [9.17, 15) is 33.5 Å². The first kappa shape index (κ1) is 24.6. The van der Waals surface area contributed by atoms with Crippen molar-refractivity contribution in [1.82, 2.24) is 9.55 Å². The molecule has 1 aliphatic rings. The molecule has 1 aliphatic heterocycles. The van der Waals surface area contributed by atoms with Crippen LogP contribution in [0.15, 0.2) is 52.2 Å². The number of carbonyl (C=O) groups excluding carboxylic acids is 2. The van der Waals surface area contributed by atoms with Gasteiger partial charge >= 0.3 is 25.2 Å². The van der Waals surface area contributed by atoms with Gasteiger partial charge in [-0.2, -0.15) is 0 Å². The van der Waals surface area contributed by atoms with Gasteiger partial charge in [0.25, 0.3) is 5.56 Å². The topological polar surface area (TPSA) is 183 Å². The Hall–Kier alpha value is -3.09. The van der Waals surface area contributed by atoms with Crippen LogP contribution in [0.2, 0.25) is 0 Å². The number of nitrogens with one attached hydrogen (secondary N) is 1. The fraction of sp³-hybridized carbons (Fsp3) is 0.368. The van der Waals surface area contributed by atoms with E-state index in [4.69, 9.17) is 18.9 Å². The number of rotatable bonds is 7. The fourth-order valence-corrected chi connectivity index (χ4v) is 3.63. The van der Waals surface area contributed by atoms with Gasteiger partial charge in [-0.3, -0.25) is 23.7 Å². The lowest BCUT2D eigenvalue weighted by Crippen LogP contribution is -2.51. The average Bonchev–Trinajstić information content (AvgIpc) is 2.98. The first-order chi connectivity index (χ1) is 15.4. The molecule has 3 N–H and O–H groups in total. The van der Waals surface area contributed by atoms with E-state index in [1.165, 1.54) is 19.1 Å². The molecule has 178 valence electrons. The lowest BCUT2D eigenvalue weighted by Gasteiger charge is -2.34. The van der Waals surface area contributed by atoms with E-state index in [1.54, 1.807) is 18.2 Å². The van der Waals surface area contributed by atoms with E-state index in [-0.39, 0.29) is 5.56 Å². The van der Waals surface area contributed by atoms with Crippen LogP contribution in [0, 0.1) is 0 Å². The number of H-pyrrole nitrogens is 1. The predicted molar refractivity (Wildman–Crippen MR) is 109 cm³/mol. The Morgan fingerprint density at radius 2 is 1.88 bits per heavy atom. The maximum atomic E-state index is 12.8. The molecular weight excluding hydrogens is 463 g/mol. The molecule has 0 spiro atoms. The van der Waals surface area contributed by atoms with Crippen LogP contribution in [0.25, 0.3) is 0 Å². The first-order valence-electron chi connectivity index (χ1n) is 9.49. The highest BCUT2D eigenvalue weighted by molar-refractivity contribution is 7.51. The van der Waals surface area contributed by atoms with Gasteiger partial charge in [0.05, 0.1) is 5.56 Å². The predicted octanol–water partition coefficient (Wildman–Crippen LogP) is 0.0907. The van der Waals surface area contributed by atoms with Crippen LogP contribution in [0.1, 0.15) is 30.4 Å². The number of benzene rings is 1. The summed E-state index contributed by atoms with van der Waals surface area (Å²) in [4.78, 5) is 68.9. The molecule has 0 saturated carbocycles. The zero-order valence-electron chi connectivity index (χ0n) is 17.4. The molecule has 0 bridgehead atoms. The van der Waals surface area contributed by atoms with Crippen LogP contribution >= 0.6 is 7.60 Å².